The Morgan fingerprint density at radius 1 is 1.05 bits per heavy atom. The van der Waals surface area contributed by atoms with Crippen molar-refractivity contribution in [3.63, 3.8) is 0 Å². The lowest BCUT2D eigenvalue weighted by Crippen LogP contribution is -1.89. The van der Waals surface area contributed by atoms with Gasteiger partial charge in [-0.1, -0.05) is 28.1 Å². The van der Waals surface area contributed by atoms with E-state index in [1.54, 1.807) is 12.1 Å². The van der Waals surface area contributed by atoms with Crippen molar-refractivity contribution in [1.29, 1.82) is 0 Å². The molecule has 106 valence electrons. The van der Waals surface area contributed by atoms with Gasteiger partial charge in [-0.3, -0.25) is 5.10 Å². The number of benzene rings is 2. The molecule has 1 aromatic heterocycles. The summed E-state index contributed by atoms with van der Waals surface area (Å²) in [4.78, 5) is 0. The molecule has 0 spiro atoms. The van der Waals surface area contributed by atoms with E-state index in [-0.39, 0.29) is 5.82 Å². The van der Waals surface area contributed by atoms with Crippen LogP contribution >= 0.6 is 31.9 Å². The zero-order chi connectivity index (χ0) is 15.0. The van der Waals surface area contributed by atoms with E-state index in [9.17, 15) is 4.39 Å². The van der Waals surface area contributed by atoms with Gasteiger partial charge in [-0.05, 0) is 51.8 Å². The lowest BCUT2D eigenvalue weighted by molar-refractivity contribution is 0.621. The lowest BCUT2D eigenvalue weighted by atomic mass is 10.0. The molecule has 3 N–H and O–H groups in total. The number of hydrogen-bond donors (Lipinski definition) is 2. The number of anilines is 1. The summed E-state index contributed by atoms with van der Waals surface area (Å²) in [6, 6.07) is 12.6. The first-order valence-corrected chi connectivity index (χ1v) is 7.70. The molecule has 0 fully saturated rings. The second-order valence-electron chi connectivity index (χ2n) is 4.50. The Kier molecular flexibility index (Phi) is 3.82. The highest BCUT2D eigenvalue weighted by Crippen LogP contribution is 2.36. The van der Waals surface area contributed by atoms with E-state index >= 15 is 0 Å². The molecule has 6 heteroatoms. The van der Waals surface area contributed by atoms with Crippen LogP contribution in [0.1, 0.15) is 0 Å². The number of nitrogens with one attached hydrogen (secondary N) is 1. The van der Waals surface area contributed by atoms with Gasteiger partial charge >= 0.3 is 0 Å². The van der Waals surface area contributed by atoms with E-state index in [0.717, 1.165) is 26.9 Å². The summed E-state index contributed by atoms with van der Waals surface area (Å²) in [6.07, 6.45) is 0. The molecule has 1 heterocycles. The predicted octanol–water partition coefficient (Wildman–Crippen LogP) is 4.99. The van der Waals surface area contributed by atoms with Crippen molar-refractivity contribution >= 4 is 37.7 Å². The van der Waals surface area contributed by atoms with Gasteiger partial charge in [0.2, 0.25) is 0 Å². The maximum absolute atomic E-state index is 13.4. The molecule has 0 saturated heterocycles. The van der Waals surface area contributed by atoms with Gasteiger partial charge in [-0.2, -0.15) is 5.10 Å². The first-order valence-electron chi connectivity index (χ1n) is 6.11. The minimum absolute atomic E-state index is 0.310. The highest BCUT2D eigenvalue weighted by Gasteiger charge is 2.15. The van der Waals surface area contributed by atoms with Crippen LogP contribution in [0.25, 0.3) is 22.4 Å². The highest BCUT2D eigenvalue weighted by molar-refractivity contribution is 9.10. The smallest absolute Gasteiger partial charge is 0.153 e. The van der Waals surface area contributed by atoms with Gasteiger partial charge in [-0.15, -0.1) is 0 Å². The molecule has 0 radical (unpaired) electrons. The standard InChI is InChI=1S/C15H10Br2FN3/c16-10-3-1-2-8(6-10)13-14(20-21-15(13)19)9-4-5-12(18)11(17)7-9/h1-7H,(H3,19,20,21). The maximum atomic E-state index is 13.4. The summed E-state index contributed by atoms with van der Waals surface area (Å²) in [5.41, 5.74) is 9.29. The summed E-state index contributed by atoms with van der Waals surface area (Å²) >= 11 is 6.64. The van der Waals surface area contributed by atoms with Crippen molar-refractivity contribution in [3.8, 4) is 22.4 Å². The van der Waals surface area contributed by atoms with Gasteiger partial charge in [0.05, 0.1) is 15.7 Å². The van der Waals surface area contributed by atoms with E-state index in [4.69, 9.17) is 5.73 Å². The molecule has 0 bridgehead atoms. The highest BCUT2D eigenvalue weighted by atomic mass is 79.9. The van der Waals surface area contributed by atoms with Crippen molar-refractivity contribution in [2.24, 2.45) is 0 Å². The minimum atomic E-state index is -0.310. The average Bonchev–Trinajstić information content (AvgIpc) is 2.84. The molecule has 3 nitrogen and oxygen atoms in total. The van der Waals surface area contributed by atoms with Crippen molar-refractivity contribution in [1.82, 2.24) is 10.2 Å². The van der Waals surface area contributed by atoms with Gasteiger partial charge in [-0.25, -0.2) is 4.39 Å². The number of halogens is 3. The van der Waals surface area contributed by atoms with Crippen LogP contribution in [0.5, 0.6) is 0 Å². The van der Waals surface area contributed by atoms with E-state index in [2.05, 4.69) is 42.1 Å². The number of hydrogen-bond acceptors (Lipinski definition) is 2. The molecule has 0 aliphatic carbocycles. The summed E-state index contributed by atoms with van der Waals surface area (Å²) in [5.74, 6) is 0.0961. The van der Waals surface area contributed by atoms with E-state index < -0.39 is 0 Å². The number of aromatic nitrogens is 2. The Morgan fingerprint density at radius 3 is 2.57 bits per heavy atom. The van der Waals surface area contributed by atoms with E-state index in [1.807, 2.05) is 24.3 Å². The Labute approximate surface area is 137 Å². The zero-order valence-corrected chi connectivity index (χ0v) is 13.9. The van der Waals surface area contributed by atoms with Crippen LogP contribution in [0.15, 0.2) is 51.4 Å². The largest absolute Gasteiger partial charge is 0.382 e. The summed E-state index contributed by atoms with van der Waals surface area (Å²) in [7, 11) is 0. The maximum Gasteiger partial charge on any atom is 0.153 e. The van der Waals surface area contributed by atoms with Crippen LogP contribution in [-0.2, 0) is 0 Å². The Morgan fingerprint density at radius 2 is 1.86 bits per heavy atom. The fourth-order valence-corrected chi connectivity index (χ4v) is 2.93. The Hall–Kier alpha value is -1.66. The first kappa shape index (κ1) is 14.3. The van der Waals surface area contributed by atoms with Crippen molar-refractivity contribution in [3.05, 3.63) is 57.2 Å². The summed E-state index contributed by atoms with van der Waals surface area (Å²) < 4.78 is 14.7. The average molecular weight is 411 g/mol. The van der Waals surface area contributed by atoms with Gasteiger partial charge in [0.25, 0.3) is 0 Å². The number of aromatic amines is 1. The molecule has 0 aliphatic rings. The molecule has 0 unspecified atom stereocenters. The molecule has 3 rings (SSSR count). The number of H-pyrrole nitrogens is 1. The SMILES string of the molecule is Nc1n[nH]c(-c2ccc(F)c(Br)c2)c1-c1cccc(Br)c1. The van der Waals surface area contributed by atoms with Crippen LogP contribution in [0.3, 0.4) is 0 Å². The second-order valence-corrected chi connectivity index (χ2v) is 6.27. The van der Waals surface area contributed by atoms with Gasteiger partial charge < -0.3 is 5.73 Å². The zero-order valence-electron chi connectivity index (χ0n) is 10.7. The molecule has 3 aromatic rings. The van der Waals surface area contributed by atoms with E-state index in [1.165, 1.54) is 6.07 Å². The molecule has 0 amide bonds. The number of nitrogens with two attached hydrogens (primary N) is 1. The quantitative estimate of drug-likeness (QED) is 0.625. The molecule has 0 aliphatic heterocycles. The fourth-order valence-electron chi connectivity index (χ4n) is 2.15. The van der Waals surface area contributed by atoms with Crippen molar-refractivity contribution in [2.45, 2.75) is 0 Å². The van der Waals surface area contributed by atoms with Crippen LogP contribution < -0.4 is 5.73 Å². The lowest BCUT2D eigenvalue weighted by Gasteiger charge is -2.06. The molecule has 21 heavy (non-hydrogen) atoms. The number of rotatable bonds is 2. The predicted molar refractivity (Wildman–Crippen MR) is 89.2 cm³/mol. The second kappa shape index (κ2) is 5.61. The normalized spacial score (nSPS) is 10.8. The third-order valence-electron chi connectivity index (χ3n) is 3.12. The Bertz CT molecular complexity index is 814. The molecule has 0 saturated carbocycles. The molecule has 0 atom stereocenters. The van der Waals surface area contributed by atoms with Crippen molar-refractivity contribution in [2.75, 3.05) is 5.73 Å². The van der Waals surface area contributed by atoms with Crippen LogP contribution in [0, 0.1) is 5.82 Å². The van der Waals surface area contributed by atoms with Gasteiger partial charge in [0.1, 0.15) is 5.82 Å². The molecular weight excluding hydrogens is 401 g/mol. The first-order chi connectivity index (χ1) is 10.1. The Balaban J connectivity index is 2.19. The van der Waals surface area contributed by atoms with Crippen LogP contribution in [0.4, 0.5) is 10.2 Å². The topological polar surface area (TPSA) is 54.7 Å². The van der Waals surface area contributed by atoms with E-state index in [0.29, 0.717) is 10.3 Å². The molecular formula is C15H10Br2FN3. The fraction of sp³-hybridized carbons (Fsp3) is 0. The summed E-state index contributed by atoms with van der Waals surface area (Å²) in [5, 5.41) is 7.00. The van der Waals surface area contributed by atoms with Crippen LogP contribution in [-0.4, -0.2) is 10.2 Å². The van der Waals surface area contributed by atoms with Crippen LogP contribution in [0.2, 0.25) is 0 Å². The third-order valence-corrected chi connectivity index (χ3v) is 4.22. The summed E-state index contributed by atoms with van der Waals surface area (Å²) in [6.45, 7) is 0. The van der Waals surface area contributed by atoms with Crippen molar-refractivity contribution < 1.29 is 4.39 Å². The van der Waals surface area contributed by atoms with Gasteiger partial charge in [0, 0.05) is 10.0 Å². The number of nitrogen functional groups attached to an aromatic ring is 1. The van der Waals surface area contributed by atoms with Gasteiger partial charge in [0.15, 0.2) is 5.82 Å². The molecule has 2 aromatic carbocycles. The monoisotopic (exact) mass is 409 g/mol. The third kappa shape index (κ3) is 2.73. The number of nitrogens with zero attached hydrogens (tertiary/aromatic N) is 1. The minimum Gasteiger partial charge on any atom is -0.382 e.